The van der Waals surface area contributed by atoms with E-state index in [1.165, 1.54) is 21.3 Å². The van der Waals surface area contributed by atoms with Gasteiger partial charge in [-0.3, -0.25) is 14.9 Å². The molecule has 0 fully saturated rings. The maximum atomic E-state index is 12.4. The average molecular weight is 405 g/mol. The number of aliphatic carboxylic acids is 1. The predicted octanol–water partition coefficient (Wildman–Crippen LogP) is 1.93. The highest BCUT2D eigenvalue weighted by Crippen LogP contribution is 2.31. The van der Waals surface area contributed by atoms with Gasteiger partial charge in [-0.15, -0.1) is 0 Å². The van der Waals surface area contributed by atoms with Gasteiger partial charge in [-0.25, -0.2) is 0 Å². The number of amides is 1. The summed E-state index contributed by atoms with van der Waals surface area (Å²) >= 11 is 0. The minimum atomic E-state index is -2.77. The molecule has 0 aromatic heterocycles. The van der Waals surface area contributed by atoms with E-state index in [0.29, 0.717) is 12.6 Å². The molecule has 9 heteroatoms. The summed E-state index contributed by atoms with van der Waals surface area (Å²) < 4.78 is 15.8. The number of nitrogens with one attached hydrogen (secondary N) is 2. The lowest BCUT2D eigenvalue weighted by Gasteiger charge is -2.26. The predicted molar refractivity (Wildman–Crippen MR) is 106 cm³/mol. The first-order valence-electron chi connectivity index (χ1n) is 9.07. The maximum Gasteiger partial charge on any atom is 0.514 e. The summed E-state index contributed by atoms with van der Waals surface area (Å²) in [7, 11) is 1.75. The van der Waals surface area contributed by atoms with E-state index in [1.807, 2.05) is 0 Å². The fourth-order valence-electron chi connectivity index (χ4n) is 2.67. The highest BCUT2D eigenvalue weighted by Gasteiger charge is 2.37. The molecule has 0 saturated heterocycles. The number of allylic oxidation sites excluding steroid dienone is 1. The van der Waals surface area contributed by atoms with Gasteiger partial charge < -0.3 is 23.7 Å². The Bertz CT molecular complexity index is 486. The van der Waals surface area contributed by atoms with E-state index >= 15 is 0 Å². The molecule has 0 bridgehead atoms. The van der Waals surface area contributed by atoms with Crippen molar-refractivity contribution < 1.29 is 28.0 Å². The van der Waals surface area contributed by atoms with Crippen LogP contribution in [-0.4, -0.2) is 60.0 Å². The quantitative estimate of drug-likeness (QED) is 0.166. The minimum Gasteiger partial charge on any atom is -0.481 e. The second-order valence-corrected chi connectivity index (χ2v) is 10.3. The van der Waals surface area contributed by atoms with Gasteiger partial charge >= 0.3 is 14.8 Å². The van der Waals surface area contributed by atoms with Crippen LogP contribution in [-0.2, 0) is 22.9 Å². The van der Waals surface area contributed by atoms with Crippen molar-refractivity contribution in [1.29, 1.82) is 0 Å². The van der Waals surface area contributed by atoms with E-state index in [2.05, 4.69) is 38.0 Å². The molecular formula is C18H36N2O6Si. The van der Waals surface area contributed by atoms with Crippen LogP contribution >= 0.6 is 0 Å². The molecule has 0 saturated carbocycles. The molecule has 0 radical (unpaired) electrons. The van der Waals surface area contributed by atoms with Gasteiger partial charge in [0.1, 0.15) is 0 Å². The van der Waals surface area contributed by atoms with Crippen LogP contribution in [0.4, 0.5) is 0 Å². The maximum absolute atomic E-state index is 12.4. The number of carbonyl (C=O) groups is 2. The molecule has 158 valence electrons. The van der Waals surface area contributed by atoms with E-state index in [1.54, 1.807) is 0 Å². The number of hydrogen-bond donors (Lipinski definition) is 3. The number of carboxylic acid groups (broad SMARTS) is 1. The summed E-state index contributed by atoms with van der Waals surface area (Å²) in [5, 5.41) is 14.8. The summed E-state index contributed by atoms with van der Waals surface area (Å²) in [4.78, 5) is 23.6. The Kier molecular flexibility index (Phi) is 11.7. The first kappa shape index (κ1) is 25.7. The minimum absolute atomic E-state index is 0.0807. The first-order valence-corrected chi connectivity index (χ1v) is 11.0. The highest BCUT2D eigenvalue weighted by atomic mass is 28.4. The second kappa shape index (κ2) is 12.2. The summed E-state index contributed by atoms with van der Waals surface area (Å²) in [5.74, 6) is -1.98. The van der Waals surface area contributed by atoms with E-state index in [4.69, 9.17) is 18.4 Å². The van der Waals surface area contributed by atoms with E-state index in [9.17, 15) is 9.59 Å². The normalized spacial score (nSPS) is 13.3. The molecular weight excluding hydrogens is 368 g/mol. The molecule has 1 atom stereocenters. The third-order valence-electron chi connectivity index (χ3n) is 4.67. The molecule has 0 aliphatic rings. The topological polar surface area (TPSA) is 106 Å². The molecule has 0 heterocycles. The second-order valence-electron chi connectivity index (χ2n) is 7.38. The van der Waals surface area contributed by atoms with Gasteiger partial charge in [-0.1, -0.05) is 39.3 Å². The molecule has 0 aromatic rings. The van der Waals surface area contributed by atoms with Crippen molar-refractivity contribution >= 4 is 20.7 Å². The van der Waals surface area contributed by atoms with Crippen molar-refractivity contribution in [2.75, 3.05) is 34.2 Å². The third kappa shape index (κ3) is 10.0. The zero-order valence-electron chi connectivity index (χ0n) is 17.5. The molecule has 3 N–H and O–H groups in total. The van der Waals surface area contributed by atoms with E-state index in [0.717, 1.165) is 18.4 Å². The van der Waals surface area contributed by atoms with Crippen LogP contribution in [0.5, 0.6) is 0 Å². The summed E-state index contributed by atoms with van der Waals surface area (Å²) in [6.07, 6.45) is 2.18. The van der Waals surface area contributed by atoms with Gasteiger partial charge in [-0.2, -0.15) is 0 Å². The van der Waals surface area contributed by atoms with Crippen molar-refractivity contribution in [1.82, 2.24) is 10.6 Å². The Morgan fingerprint density at radius 3 is 2.15 bits per heavy atom. The van der Waals surface area contributed by atoms with Gasteiger partial charge in [0.25, 0.3) is 0 Å². The van der Waals surface area contributed by atoms with Crippen LogP contribution in [0.15, 0.2) is 12.2 Å². The van der Waals surface area contributed by atoms with Crippen molar-refractivity contribution in [3.63, 3.8) is 0 Å². The third-order valence-corrected chi connectivity index (χ3v) is 7.22. The van der Waals surface area contributed by atoms with Crippen LogP contribution in [0, 0.1) is 11.3 Å². The zero-order valence-corrected chi connectivity index (χ0v) is 18.5. The molecule has 0 rings (SSSR count). The molecule has 0 aromatic carbocycles. The zero-order chi connectivity index (χ0) is 21.1. The van der Waals surface area contributed by atoms with Crippen LogP contribution in [0.25, 0.3) is 0 Å². The molecule has 0 aliphatic heterocycles. The van der Waals surface area contributed by atoms with Gasteiger partial charge in [0.05, 0.1) is 25.2 Å². The van der Waals surface area contributed by atoms with Crippen LogP contribution < -0.4 is 10.6 Å². The fourth-order valence-corrected chi connectivity index (χ4v) is 4.03. The van der Waals surface area contributed by atoms with Crippen molar-refractivity contribution in [3.8, 4) is 0 Å². The van der Waals surface area contributed by atoms with Gasteiger partial charge in [0.15, 0.2) is 0 Å². The summed E-state index contributed by atoms with van der Waals surface area (Å²) in [6, 6.07) is 0. The fraction of sp³-hybridized carbons (Fsp3) is 0.778. The van der Waals surface area contributed by atoms with E-state index in [-0.39, 0.29) is 24.4 Å². The Morgan fingerprint density at radius 2 is 1.70 bits per heavy atom. The lowest BCUT2D eigenvalue weighted by atomic mass is 9.81. The molecule has 0 spiro atoms. The van der Waals surface area contributed by atoms with Gasteiger partial charge in [-0.05, 0) is 18.3 Å². The largest absolute Gasteiger partial charge is 0.514 e. The van der Waals surface area contributed by atoms with Crippen molar-refractivity contribution in [2.45, 2.75) is 46.5 Å². The highest BCUT2D eigenvalue weighted by molar-refractivity contribution is 6.60. The number of carboxylic acids is 1. The van der Waals surface area contributed by atoms with Gasteiger partial charge in [0.2, 0.25) is 5.91 Å². The molecule has 8 nitrogen and oxygen atoms in total. The van der Waals surface area contributed by atoms with Gasteiger partial charge in [0, 0.05) is 21.3 Å². The Hall–Kier alpha value is -1.26. The lowest BCUT2D eigenvalue weighted by Crippen LogP contribution is -2.54. The standard InChI is InChI=1S/C18H36N2O6Si/c1-8-18(3,4)11-14(2)9-15(10-16(21)22)17(23)20-12-19-13-27(24-5,25-6)26-7/h15,19H,2,8-13H2,1,3-7H3,(H,20,23)(H,21,22). The number of rotatable bonds is 15. The molecule has 27 heavy (non-hydrogen) atoms. The SMILES string of the molecule is C=C(CC(CC(=O)O)C(=O)NCNC[Si](OC)(OC)OC)CC(C)(C)CC. The smallest absolute Gasteiger partial charge is 0.481 e. The van der Waals surface area contributed by atoms with Crippen molar-refractivity contribution in [3.05, 3.63) is 12.2 Å². The molecule has 0 aliphatic carbocycles. The Morgan fingerprint density at radius 1 is 1.15 bits per heavy atom. The summed E-state index contributed by atoms with van der Waals surface area (Å²) in [5.41, 5.74) is 0.970. The number of carbonyl (C=O) groups excluding carboxylic acids is 1. The number of hydrogen-bond acceptors (Lipinski definition) is 6. The van der Waals surface area contributed by atoms with E-state index < -0.39 is 20.7 Å². The van der Waals surface area contributed by atoms with Crippen LogP contribution in [0.1, 0.15) is 46.5 Å². The van der Waals surface area contributed by atoms with Crippen LogP contribution in [0.2, 0.25) is 0 Å². The van der Waals surface area contributed by atoms with Crippen molar-refractivity contribution in [2.24, 2.45) is 11.3 Å². The average Bonchev–Trinajstić information content (AvgIpc) is 2.61. The van der Waals surface area contributed by atoms with Crippen LogP contribution in [0.3, 0.4) is 0 Å². The summed E-state index contributed by atoms with van der Waals surface area (Å²) in [6.45, 7) is 10.6. The lowest BCUT2D eigenvalue weighted by molar-refractivity contribution is -0.141. The molecule has 1 amide bonds. The Labute approximate surface area is 164 Å². The Balaban J connectivity index is 4.66. The monoisotopic (exact) mass is 404 g/mol. The molecule has 1 unspecified atom stereocenters. The first-order chi connectivity index (χ1) is 12.5.